The van der Waals surface area contributed by atoms with E-state index >= 15 is 0 Å². The smallest absolute Gasteiger partial charge is 0.0619 e. The van der Waals surface area contributed by atoms with Gasteiger partial charge in [-0.15, -0.1) is 0 Å². The van der Waals surface area contributed by atoms with Crippen LogP contribution in [0.3, 0.4) is 0 Å². The zero-order chi connectivity index (χ0) is 43.6. The highest BCUT2D eigenvalue weighted by Gasteiger charge is 2.24. The molecule has 0 bridgehead atoms. The van der Waals surface area contributed by atoms with Gasteiger partial charge in [0, 0.05) is 38.4 Å². The first-order valence-corrected chi connectivity index (χ1v) is 22.8. The maximum atomic E-state index is 2.51. The molecule has 0 aliphatic rings. The second-order valence-corrected chi connectivity index (χ2v) is 17.2. The van der Waals surface area contributed by atoms with Crippen LogP contribution in [0.2, 0.25) is 0 Å². The van der Waals surface area contributed by atoms with Crippen molar-refractivity contribution in [3.05, 3.63) is 255 Å². The van der Waals surface area contributed by atoms with E-state index in [1.807, 2.05) is 0 Å². The van der Waals surface area contributed by atoms with Crippen LogP contribution < -0.4 is 4.90 Å². The number of anilines is 3. The molecule has 0 saturated carbocycles. The molecular weight excluding hydrogens is 797 g/mol. The number of nitrogens with zero attached hydrogens (tertiary/aromatic N) is 2. The van der Waals surface area contributed by atoms with Gasteiger partial charge in [-0.25, -0.2) is 0 Å². The lowest BCUT2D eigenvalue weighted by atomic mass is 9.92. The molecule has 0 atom stereocenters. The molecule has 1 aromatic heterocycles. The van der Waals surface area contributed by atoms with Gasteiger partial charge >= 0.3 is 0 Å². The van der Waals surface area contributed by atoms with Crippen LogP contribution in [-0.4, -0.2) is 4.57 Å². The second-order valence-electron chi connectivity index (χ2n) is 17.2. The molecule has 0 aliphatic carbocycles. The summed E-state index contributed by atoms with van der Waals surface area (Å²) in [6.07, 6.45) is 0. The lowest BCUT2D eigenvalue weighted by Crippen LogP contribution is -2.13. The topological polar surface area (TPSA) is 8.17 Å². The maximum Gasteiger partial charge on any atom is 0.0619 e. The van der Waals surface area contributed by atoms with Crippen LogP contribution >= 0.6 is 0 Å². The molecule has 2 heteroatoms. The molecule has 13 rings (SSSR count). The first kappa shape index (κ1) is 37.8. The monoisotopic (exact) mass is 838 g/mol. The number of hydrogen-bond donors (Lipinski definition) is 0. The van der Waals surface area contributed by atoms with Crippen molar-refractivity contribution < 1.29 is 0 Å². The van der Waals surface area contributed by atoms with E-state index < -0.39 is 0 Å². The minimum absolute atomic E-state index is 1.10. The van der Waals surface area contributed by atoms with Gasteiger partial charge < -0.3 is 9.47 Å². The summed E-state index contributed by atoms with van der Waals surface area (Å²) in [4.78, 5) is 2.51. The maximum absolute atomic E-state index is 2.51. The minimum Gasteiger partial charge on any atom is -0.309 e. The normalized spacial score (nSPS) is 11.6. The fourth-order valence-electron chi connectivity index (χ4n) is 10.6. The largest absolute Gasteiger partial charge is 0.309 e. The Balaban J connectivity index is 1.06. The van der Waals surface area contributed by atoms with Gasteiger partial charge in [0.15, 0.2) is 0 Å². The molecule has 13 aromatic rings. The lowest BCUT2D eigenvalue weighted by Gasteiger charge is -2.31. The predicted octanol–water partition coefficient (Wildman–Crippen LogP) is 17.9. The number of benzene rings is 12. The van der Waals surface area contributed by atoms with Gasteiger partial charge in [-0.3, -0.25) is 0 Å². The molecule has 0 amide bonds. The summed E-state index contributed by atoms with van der Waals surface area (Å²) in [5, 5.41) is 12.3. The summed E-state index contributed by atoms with van der Waals surface area (Å²) >= 11 is 0. The van der Waals surface area contributed by atoms with Crippen molar-refractivity contribution in [1.29, 1.82) is 0 Å². The number of hydrogen-bond acceptors (Lipinski definition) is 1. The predicted molar refractivity (Wildman–Crippen MR) is 282 cm³/mol. The van der Waals surface area contributed by atoms with Crippen LogP contribution in [0.4, 0.5) is 17.1 Å². The molecule has 0 spiro atoms. The molecule has 66 heavy (non-hydrogen) atoms. The van der Waals surface area contributed by atoms with Crippen molar-refractivity contribution in [3.63, 3.8) is 0 Å². The van der Waals surface area contributed by atoms with Crippen molar-refractivity contribution >= 4 is 82.0 Å². The minimum atomic E-state index is 1.10. The Morgan fingerprint density at radius 3 is 1.58 bits per heavy atom. The molecule has 308 valence electrons. The third-order valence-electron chi connectivity index (χ3n) is 13.5. The van der Waals surface area contributed by atoms with E-state index in [1.165, 1.54) is 81.6 Å². The molecule has 0 saturated heterocycles. The van der Waals surface area contributed by atoms with Crippen LogP contribution in [0.25, 0.3) is 104 Å². The number of fused-ring (bicyclic) bond motifs is 8. The van der Waals surface area contributed by atoms with E-state index in [1.54, 1.807) is 0 Å². The highest BCUT2D eigenvalue weighted by molar-refractivity contribution is 6.19. The van der Waals surface area contributed by atoms with Gasteiger partial charge in [0.2, 0.25) is 0 Å². The standard InChI is InChI=1S/C64H42N2/c1-2-20-46-41-48(36-35-43(46)17-1)52-26-10-13-33-61(52)66(63-40-39-56(55-28-7-8-29-57(55)63)54-31-16-21-44-18-3-5-24-50(44)54)60-32-12-9-25-51(60)47-22-15-23-49(42-47)65-62-34-14-11-30-58(62)59-38-37-45-19-4-6-27-53(45)64(59)65/h1-42H. The lowest BCUT2D eigenvalue weighted by molar-refractivity contribution is 1.19. The summed E-state index contributed by atoms with van der Waals surface area (Å²) in [5.41, 5.74) is 13.9. The van der Waals surface area contributed by atoms with Crippen LogP contribution in [0.15, 0.2) is 255 Å². The first-order valence-electron chi connectivity index (χ1n) is 22.8. The van der Waals surface area contributed by atoms with Gasteiger partial charge in [0.05, 0.1) is 28.1 Å². The molecule has 1 heterocycles. The van der Waals surface area contributed by atoms with E-state index in [-0.39, 0.29) is 0 Å². The van der Waals surface area contributed by atoms with E-state index in [0.717, 1.165) is 39.4 Å². The van der Waals surface area contributed by atoms with E-state index in [2.05, 4.69) is 264 Å². The molecule has 0 fully saturated rings. The Labute approximate surface area is 383 Å². The molecule has 0 N–H and O–H groups in total. The molecular formula is C64H42N2. The first-order chi connectivity index (χ1) is 32.8. The second kappa shape index (κ2) is 15.5. The Morgan fingerprint density at radius 2 is 0.788 bits per heavy atom. The number of para-hydroxylation sites is 3. The highest BCUT2D eigenvalue weighted by Crippen LogP contribution is 2.49. The Morgan fingerprint density at radius 1 is 0.258 bits per heavy atom. The van der Waals surface area contributed by atoms with Crippen molar-refractivity contribution in [2.24, 2.45) is 0 Å². The summed E-state index contributed by atoms with van der Waals surface area (Å²) < 4.78 is 2.46. The fraction of sp³-hybridized carbons (Fsp3) is 0. The van der Waals surface area contributed by atoms with Crippen molar-refractivity contribution in [2.75, 3.05) is 4.90 Å². The van der Waals surface area contributed by atoms with Crippen LogP contribution in [0.1, 0.15) is 0 Å². The molecule has 0 radical (unpaired) electrons. The Kier molecular flexibility index (Phi) is 8.89. The molecule has 0 aliphatic heterocycles. The van der Waals surface area contributed by atoms with E-state index in [0.29, 0.717) is 0 Å². The van der Waals surface area contributed by atoms with Gasteiger partial charge in [-0.2, -0.15) is 0 Å². The summed E-state index contributed by atoms with van der Waals surface area (Å²) in [7, 11) is 0. The average molecular weight is 839 g/mol. The fourth-order valence-corrected chi connectivity index (χ4v) is 10.6. The van der Waals surface area contributed by atoms with Crippen molar-refractivity contribution in [1.82, 2.24) is 4.57 Å². The van der Waals surface area contributed by atoms with Crippen LogP contribution in [0, 0.1) is 0 Å². The summed E-state index contributed by atoms with van der Waals surface area (Å²) in [5.74, 6) is 0. The Bertz CT molecular complexity index is 4020. The SMILES string of the molecule is c1cc(-c2ccccc2N(c2ccccc2-c2ccc3ccccc3c2)c2ccc(-c3cccc4ccccc34)c3ccccc23)cc(-n2c3ccccc3c3ccc4ccccc4c32)c1. The molecule has 12 aromatic carbocycles. The quantitative estimate of drug-likeness (QED) is 0.155. The van der Waals surface area contributed by atoms with Gasteiger partial charge in [0.1, 0.15) is 0 Å². The van der Waals surface area contributed by atoms with Gasteiger partial charge in [-0.1, -0.05) is 212 Å². The zero-order valence-corrected chi connectivity index (χ0v) is 36.1. The van der Waals surface area contributed by atoms with Crippen LogP contribution in [-0.2, 0) is 0 Å². The third-order valence-corrected chi connectivity index (χ3v) is 13.5. The van der Waals surface area contributed by atoms with Gasteiger partial charge in [-0.05, 0) is 97.0 Å². The summed E-state index contributed by atoms with van der Waals surface area (Å²) in [6.45, 7) is 0. The summed E-state index contributed by atoms with van der Waals surface area (Å²) in [6, 6.07) is 93.5. The third kappa shape index (κ3) is 6.11. The Hall–Kier alpha value is -8.72. The number of rotatable bonds is 7. The van der Waals surface area contributed by atoms with E-state index in [4.69, 9.17) is 0 Å². The number of aromatic nitrogens is 1. The van der Waals surface area contributed by atoms with E-state index in [9.17, 15) is 0 Å². The van der Waals surface area contributed by atoms with Crippen LogP contribution in [0.5, 0.6) is 0 Å². The zero-order valence-electron chi connectivity index (χ0n) is 36.1. The highest BCUT2D eigenvalue weighted by atomic mass is 15.1. The van der Waals surface area contributed by atoms with Gasteiger partial charge in [0.25, 0.3) is 0 Å². The average Bonchev–Trinajstić information content (AvgIpc) is 3.74. The molecule has 2 nitrogen and oxygen atoms in total. The van der Waals surface area contributed by atoms with Crippen molar-refractivity contribution in [3.8, 4) is 39.1 Å². The van der Waals surface area contributed by atoms with Crippen molar-refractivity contribution in [2.45, 2.75) is 0 Å². The molecule has 0 unspecified atom stereocenters.